The fourth-order valence-electron chi connectivity index (χ4n) is 3.02. The summed E-state index contributed by atoms with van der Waals surface area (Å²) in [5.74, 6) is 0.447. The molecule has 1 aromatic carbocycles. The molecule has 3 rings (SSSR count). The van der Waals surface area contributed by atoms with E-state index in [1.54, 1.807) is 4.90 Å². The summed E-state index contributed by atoms with van der Waals surface area (Å²) >= 11 is 0. The number of nitrogen functional groups attached to an aromatic ring is 1. The molecule has 1 aromatic rings. The zero-order chi connectivity index (χ0) is 14.7. The van der Waals surface area contributed by atoms with Crippen molar-refractivity contribution < 1.29 is 14.3 Å². The Hall–Kier alpha value is -1.30. The van der Waals surface area contributed by atoms with Gasteiger partial charge in [0.2, 0.25) is 0 Å². The van der Waals surface area contributed by atoms with Gasteiger partial charge in [-0.2, -0.15) is 0 Å². The number of fused-ring (bicyclic) bond motifs is 1. The zero-order valence-electron chi connectivity index (χ0n) is 12.6. The molecule has 1 amide bonds. The summed E-state index contributed by atoms with van der Waals surface area (Å²) in [4.78, 5) is 14.2. The van der Waals surface area contributed by atoms with Crippen LogP contribution < -0.4 is 10.6 Å². The number of nitrogens with two attached hydrogens (primary N) is 1. The van der Waals surface area contributed by atoms with Gasteiger partial charge in [0.15, 0.2) is 0 Å². The van der Waals surface area contributed by atoms with Crippen LogP contribution >= 0.6 is 12.4 Å². The Morgan fingerprint density at radius 2 is 2.32 bits per heavy atom. The van der Waals surface area contributed by atoms with Gasteiger partial charge >= 0.3 is 0 Å². The van der Waals surface area contributed by atoms with Gasteiger partial charge in [0.25, 0.3) is 5.91 Å². The third-order valence-electron chi connectivity index (χ3n) is 4.19. The Kier molecular flexibility index (Phi) is 6.06. The van der Waals surface area contributed by atoms with Gasteiger partial charge in [-0.25, -0.2) is 0 Å². The fourth-order valence-corrected chi connectivity index (χ4v) is 3.02. The van der Waals surface area contributed by atoms with Crippen LogP contribution in [0.15, 0.2) is 18.2 Å². The second-order valence-electron chi connectivity index (χ2n) is 5.74. The molecule has 2 aliphatic heterocycles. The van der Waals surface area contributed by atoms with Crippen LogP contribution in [0.2, 0.25) is 0 Å². The van der Waals surface area contributed by atoms with E-state index in [4.69, 9.17) is 15.2 Å². The van der Waals surface area contributed by atoms with E-state index in [1.165, 1.54) is 0 Å². The number of hydrogen-bond donors (Lipinski definition) is 1. The first-order chi connectivity index (χ1) is 10.3. The SMILES string of the molecule is Cl.Nc1cccc2c1CCCN2C(=O)COCC1CCOC1. The molecule has 2 aliphatic rings. The molecule has 0 aliphatic carbocycles. The summed E-state index contributed by atoms with van der Waals surface area (Å²) in [6.45, 7) is 3.03. The highest BCUT2D eigenvalue weighted by Crippen LogP contribution is 2.31. The van der Waals surface area contributed by atoms with Crippen molar-refractivity contribution in [2.24, 2.45) is 5.92 Å². The molecule has 1 fully saturated rings. The predicted octanol–water partition coefficient (Wildman–Crippen LogP) is 2.02. The van der Waals surface area contributed by atoms with E-state index in [2.05, 4.69) is 0 Å². The Labute approximate surface area is 137 Å². The lowest BCUT2D eigenvalue weighted by Gasteiger charge is -2.30. The van der Waals surface area contributed by atoms with Crippen LogP contribution in [0, 0.1) is 5.92 Å². The normalized spacial score (nSPS) is 20.4. The monoisotopic (exact) mass is 326 g/mol. The molecular formula is C16H23ClN2O3. The van der Waals surface area contributed by atoms with Crippen LogP contribution in [0.4, 0.5) is 11.4 Å². The van der Waals surface area contributed by atoms with E-state index in [9.17, 15) is 4.79 Å². The summed E-state index contributed by atoms with van der Waals surface area (Å²) < 4.78 is 10.9. The molecule has 1 atom stereocenters. The first-order valence-electron chi connectivity index (χ1n) is 7.59. The lowest BCUT2D eigenvalue weighted by atomic mass is 10.00. The van der Waals surface area contributed by atoms with Crippen LogP contribution in [-0.4, -0.2) is 38.9 Å². The van der Waals surface area contributed by atoms with Gasteiger partial charge in [0.05, 0.1) is 13.2 Å². The maximum absolute atomic E-state index is 12.4. The van der Waals surface area contributed by atoms with Crippen molar-refractivity contribution in [2.45, 2.75) is 19.3 Å². The van der Waals surface area contributed by atoms with Gasteiger partial charge in [-0.15, -0.1) is 12.4 Å². The van der Waals surface area contributed by atoms with Crippen molar-refractivity contribution in [1.29, 1.82) is 0 Å². The van der Waals surface area contributed by atoms with Crippen molar-refractivity contribution >= 4 is 29.7 Å². The molecule has 0 aromatic heterocycles. The summed E-state index contributed by atoms with van der Waals surface area (Å²) in [5.41, 5.74) is 8.80. The Morgan fingerprint density at radius 1 is 1.45 bits per heavy atom. The van der Waals surface area contributed by atoms with Gasteiger partial charge in [-0.05, 0) is 37.0 Å². The van der Waals surface area contributed by atoms with E-state index < -0.39 is 0 Å². The Morgan fingerprint density at radius 3 is 3.09 bits per heavy atom. The summed E-state index contributed by atoms with van der Waals surface area (Å²) in [6, 6.07) is 5.76. The topological polar surface area (TPSA) is 64.8 Å². The molecule has 1 unspecified atom stereocenters. The van der Waals surface area contributed by atoms with Crippen LogP contribution in [0.1, 0.15) is 18.4 Å². The Bertz CT molecular complexity index is 518. The predicted molar refractivity (Wildman–Crippen MR) is 88.5 cm³/mol. The van der Waals surface area contributed by atoms with Gasteiger partial charge < -0.3 is 20.1 Å². The number of carbonyl (C=O) groups is 1. The highest BCUT2D eigenvalue weighted by atomic mass is 35.5. The van der Waals surface area contributed by atoms with Gasteiger partial charge in [0.1, 0.15) is 6.61 Å². The maximum Gasteiger partial charge on any atom is 0.252 e. The number of ether oxygens (including phenoxy) is 2. The minimum Gasteiger partial charge on any atom is -0.398 e. The molecule has 0 saturated carbocycles. The molecule has 0 bridgehead atoms. The average Bonchev–Trinajstić information content (AvgIpc) is 3.00. The summed E-state index contributed by atoms with van der Waals surface area (Å²) in [6.07, 6.45) is 2.91. The van der Waals surface area contributed by atoms with Gasteiger partial charge in [-0.3, -0.25) is 4.79 Å². The fraction of sp³-hybridized carbons (Fsp3) is 0.562. The highest BCUT2D eigenvalue weighted by molar-refractivity contribution is 5.96. The molecule has 0 radical (unpaired) electrons. The number of anilines is 2. The number of nitrogens with zero attached hydrogens (tertiary/aromatic N) is 1. The lowest BCUT2D eigenvalue weighted by molar-refractivity contribution is -0.123. The van der Waals surface area contributed by atoms with E-state index >= 15 is 0 Å². The van der Waals surface area contributed by atoms with Crippen LogP contribution in [-0.2, 0) is 20.7 Å². The molecule has 22 heavy (non-hydrogen) atoms. The minimum atomic E-state index is 0. The molecule has 2 heterocycles. The number of hydrogen-bond acceptors (Lipinski definition) is 4. The second kappa shape index (κ2) is 7.81. The Balaban J connectivity index is 0.00000176. The third kappa shape index (κ3) is 3.72. The third-order valence-corrected chi connectivity index (χ3v) is 4.19. The van der Waals surface area contributed by atoms with Crippen LogP contribution in [0.5, 0.6) is 0 Å². The number of carbonyl (C=O) groups excluding carboxylic acids is 1. The molecule has 2 N–H and O–H groups in total. The summed E-state index contributed by atoms with van der Waals surface area (Å²) in [7, 11) is 0. The number of amides is 1. The molecule has 122 valence electrons. The number of benzene rings is 1. The average molecular weight is 327 g/mol. The minimum absolute atomic E-state index is 0. The smallest absolute Gasteiger partial charge is 0.252 e. The zero-order valence-corrected chi connectivity index (χ0v) is 13.4. The van der Waals surface area contributed by atoms with Crippen molar-refractivity contribution in [3.63, 3.8) is 0 Å². The lowest BCUT2D eigenvalue weighted by Crippen LogP contribution is -2.38. The van der Waals surface area contributed by atoms with Gasteiger partial charge in [-0.1, -0.05) is 6.07 Å². The molecule has 5 nitrogen and oxygen atoms in total. The largest absolute Gasteiger partial charge is 0.398 e. The number of halogens is 1. The maximum atomic E-state index is 12.4. The second-order valence-corrected chi connectivity index (χ2v) is 5.74. The van der Waals surface area contributed by atoms with E-state index in [-0.39, 0.29) is 24.9 Å². The van der Waals surface area contributed by atoms with Crippen molar-refractivity contribution in [1.82, 2.24) is 0 Å². The van der Waals surface area contributed by atoms with E-state index in [0.717, 1.165) is 56.0 Å². The van der Waals surface area contributed by atoms with Crippen molar-refractivity contribution in [3.8, 4) is 0 Å². The van der Waals surface area contributed by atoms with Crippen LogP contribution in [0.25, 0.3) is 0 Å². The van der Waals surface area contributed by atoms with E-state index in [0.29, 0.717) is 12.5 Å². The first-order valence-corrected chi connectivity index (χ1v) is 7.59. The van der Waals surface area contributed by atoms with Gasteiger partial charge in [0, 0.05) is 30.4 Å². The first kappa shape index (κ1) is 17.1. The van der Waals surface area contributed by atoms with Crippen LogP contribution in [0.3, 0.4) is 0 Å². The van der Waals surface area contributed by atoms with Crippen molar-refractivity contribution in [3.05, 3.63) is 23.8 Å². The standard InChI is InChI=1S/C16H22N2O3.ClH/c17-14-4-1-5-15-13(14)3-2-7-18(15)16(19)11-21-10-12-6-8-20-9-12;/h1,4-5,12H,2-3,6-11,17H2;1H. The molecule has 1 saturated heterocycles. The molecule has 0 spiro atoms. The molecule has 6 heteroatoms. The molecular weight excluding hydrogens is 304 g/mol. The highest BCUT2D eigenvalue weighted by Gasteiger charge is 2.24. The van der Waals surface area contributed by atoms with E-state index in [1.807, 2.05) is 18.2 Å². The summed E-state index contributed by atoms with van der Waals surface area (Å²) in [5, 5.41) is 0. The van der Waals surface area contributed by atoms with Crippen molar-refractivity contribution in [2.75, 3.05) is 43.6 Å². The quantitative estimate of drug-likeness (QED) is 0.860. The number of rotatable bonds is 4.